The highest BCUT2D eigenvalue weighted by Gasteiger charge is 2.18. The van der Waals surface area contributed by atoms with Crippen LogP contribution in [0.15, 0.2) is 47.4 Å². The summed E-state index contributed by atoms with van der Waals surface area (Å²) in [5, 5.41) is 2.67. The number of sulfonamides is 1. The molecule has 0 aliphatic rings. The Morgan fingerprint density at radius 2 is 1.80 bits per heavy atom. The summed E-state index contributed by atoms with van der Waals surface area (Å²) < 4.78 is 34.2. The minimum absolute atomic E-state index is 0.0425. The molecule has 0 aliphatic carbocycles. The summed E-state index contributed by atoms with van der Waals surface area (Å²) in [5.74, 6) is 0.207. The molecule has 2 aromatic carbocycles. The van der Waals surface area contributed by atoms with E-state index in [9.17, 15) is 13.2 Å². The number of amides is 1. The van der Waals surface area contributed by atoms with Gasteiger partial charge in [0.05, 0.1) is 17.2 Å². The van der Waals surface area contributed by atoms with Crippen molar-refractivity contribution >= 4 is 49.9 Å². The lowest BCUT2D eigenvalue weighted by Gasteiger charge is -2.14. The van der Waals surface area contributed by atoms with Crippen LogP contribution in [-0.4, -0.2) is 20.9 Å². The van der Waals surface area contributed by atoms with E-state index in [4.69, 9.17) is 4.74 Å². The Hall–Kier alpha value is -1.81. The summed E-state index contributed by atoms with van der Waals surface area (Å²) in [4.78, 5) is 11.7. The van der Waals surface area contributed by atoms with Gasteiger partial charge in [-0.1, -0.05) is 6.92 Å². The number of halogens is 1. The van der Waals surface area contributed by atoms with Crippen molar-refractivity contribution in [2.24, 2.45) is 0 Å². The second-order valence-corrected chi connectivity index (χ2v) is 8.03. The van der Waals surface area contributed by atoms with Crippen molar-refractivity contribution in [3.8, 4) is 5.75 Å². The zero-order chi connectivity index (χ0) is 18.4. The molecule has 0 unspecified atom stereocenters. The molecule has 0 bridgehead atoms. The topological polar surface area (TPSA) is 84.5 Å². The summed E-state index contributed by atoms with van der Waals surface area (Å²) in [6.45, 7) is 3.94. The predicted molar refractivity (Wildman–Crippen MR) is 106 cm³/mol. The van der Waals surface area contributed by atoms with Gasteiger partial charge in [0.25, 0.3) is 10.0 Å². The Morgan fingerprint density at radius 3 is 2.40 bits per heavy atom. The second kappa shape index (κ2) is 8.52. The monoisotopic (exact) mass is 474 g/mol. The molecule has 0 radical (unpaired) electrons. The van der Waals surface area contributed by atoms with Crippen LogP contribution in [-0.2, 0) is 14.8 Å². The lowest BCUT2D eigenvalue weighted by Crippen LogP contribution is -2.15. The lowest BCUT2D eigenvalue weighted by molar-refractivity contribution is -0.115. The van der Waals surface area contributed by atoms with Crippen LogP contribution < -0.4 is 14.8 Å². The van der Waals surface area contributed by atoms with Crippen LogP contribution in [0.1, 0.15) is 20.3 Å². The van der Waals surface area contributed by atoms with Crippen LogP contribution in [0.25, 0.3) is 0 Å². The zero-order valence-electron chi connectivity index (χ0n) is 13.9. The SMILES string of the molecule is CCOc1ccc(S(=O)(=O)Nc2ccc(I)cc2)cc1NC(=O)CC. The Kier molecular flexibility index (Phi) is 6.65. The smallest absolute Gasteiger partial charge is 0.261 e. The molecule has 0 saturated carbocycles. The van der Waals surface area contributed by atoms with Gasteiger partial charge in [0, 0.05) is 15.7 Å². The van der Waals surface area contributed by atoms with E-state index in [1.54, 1.807) is 19.1 Å². The number of ether oxygens (including phenoxy) is 1. The van der Waals surface area contributed by atoms with Gasteiger partial charge in [-0.3, -0.25) is 9.52 Å². The van der Waals surface area contributed by atoms with Gasteiger partial charge in [0.15, 0.2) is 0 Å². The van der Waals surface area contributed by atoms with Crippen molar-refractivity contribution in [3.63, 3.8) is 0 Å². The van der Waals surface area contributed by atoms with Gasteiger partial charge >= 0.3 is 0 Å². The Labute approximate surface area is 161 Å². The van der Waals surface area contributed by atoms with E-state index in [1.807, 2.05) is 19.1 Å². The fourth-order valence-corrected chi connectivity index (χ4v) is 3.47. The maximum absolute atomic E-state index is 12.6. The Balaban J connectivity index is 2.34. The summed E-state index contributed by atoms with van der Waals surface area (Å²) >= 11 is 2.14. The Morgan fingerprint density at radius 1 is 1.12 bits per heavy atom. The first-order chi connectivity index (χ1) is 11.9. The minimum Gasteiger partial charge on any atom is -0.492 e. The van der Waals surface area contributed by atoms with Crippen LogP contribution in [0.3, 0.4) is 0 Å². The standard InChI is InChI=1S/C17H19IN2O4S/c1-3-17(21)19-15-11-14(9-10-16(15)24-4-2)25(22,23)20-13-7-5-12(18)6-8-13/h5-11,20H,3-4H2,1-2H3,(H,19,21). The van der Waals surface area contributed by atoms with Gasteiger partial charge in [-0.2, -0.15) is 0 Å². The highest BCUT2D eigenvalue weighted by atomic mass is 127. The van der Waals surface area contributed by atoms with E-state index < -0.39 is 10.0 Å². The minimum atomic E-state index is -3.78. The number of hydrogen-bond donors (Lipinski definition) is 2. The van der Waals surface area contributed by atoms with E-state index >= 15 is 0 Å². The predicted octanol–water partition coefficient (Wildman–Crippen LogP) is 3.84. The third kappa shape index (κ3) is 5.33. The molecular weight excluding hydrogens is 455 g/mol. The van der Waals surface area contributed by atoms with E-state index in [0.29, 0.717) is 23.7 Å². The molecule has 2 aromatic rings. The van der Waals surface area contributed by atoms with E-state index in [-0.39, 0.29) is 17.2 Å². The summed E-state index contributed by atoms with van der Waals surface area (Å²) in [6, 6.07) is 11.4. The van der Waals surface area contributed by atoms with Crippen molar-refractivity contribution in [1.82, 2.24) is 0 Å². The third-order valence-electron chi connectivity index (χ3n) is 3.25. The first-order valence-electron chi connectivity index (χ1n) is 7.70. The molecule has 0 heterocycles. The van der Waals surface area contributed by atoms with Gasteiger partial charge in [-0.15, -0.1) is 0 Å². The largest absolute Gasteiger partial charge is 0.492 e. The molecule has 6 nitrogen and oxygen atoms in total. The molecule has 0 spiro atoms. The van der Waals surface area contributed by atoms with Gasteiger partial charge in [0.2, 0.25) is 5.91 Å². The van der Waals surface area contributed by atoms with Crippen molar-refractivity contribution < 1.29 is 17.9 Å². The van der Waals surface area contributed by atoms with Crippen LogP contribution in [0.5, 0.6) is 5.75 Å². The van der Waals surface area contributed by atoms with Crippen LogP contribution in [0, 0.1) is 3.57 Å². The van der Waals surface area contributed by atoms with E-state index in [1.165, 1.54) is 18.2 Å². The van der Waals surface area contributed by atoms with E-state index in [2.05, 4.69) is 32.6 Å². The number of rotatable bonds is 7. The van der Waals surface area contributed by atoms with Crippen molar-refractivity contribution in [2.75, 3.05) is 16.6 Å². The van der Waals surface area contributed by atoms with E-state index in [0.717, 1.165) is 3.57 Å². The highest BCUT2D eigenvalue weighted by Crippen LogP contribution is 2.29. The van der Waals surface area contributed by atoms with Gasteiger partial charge in [-0.25, -0.2) is 8.42 Å². The van der Waals surface area contributed by atoms with Gasteiger partial charge in [0.1, 0.15) is 5.75 Å². The lowest BCUT2D eigenvalue weighted by atomic mass is 10.3. The zero-order valence-corrected chi connectivity index (χ0v) is 16.8. The highest BCUT2D eigenvalue weighted by molar-refractivity contribution is 14.1. The molecular formula is C17H19IN2O4S. The third-order valence-corrected chi connectivity index (χ3v) is 5.35. The number of benzene rings is 2. The van der Waals surface area contributed by atoms with Crippen molar-refractivity contribution in [2.45, 2.75) is 25.2 Å². The molecule has 0 aliphatic heterocycles. The molecule has 0 atom stereocenters. The second-order valence-electron chi connectivity index (χ2n) is 5.11. The Bertz CT molecular complexity index is 851. The molecule has 0 fully saturated rings. The molecule has 8 heteroatoms. The van der Waals surface area contributed by atoms with Gasteiger partial charge in [-0.05, 0) is 72.0 Å². The quantitative estimate of drug-likeness (QED) is 0.598. The summed E-state index contributed by atoms with van der Waals surface area (Å²) in [6.07, 6.45) is 0.281. The number of anilines is 2. The van der Waals surface area contributed by atoms with Crippen LogP contribution in [0.4, 0.5) is 11.4 Å². The molecule has 25 heavy (non-hydrogen) atoms. The van der Waals surface area contributed by atoms with Crippen molar-refractivity contribution in [1.29, 1.82) is 0 Å². The molecule has 2 rings (SSSR count). The maximum Gasteiger partial charge on any atom is 0.261 e. The fourth-order valence-electron chi connectivity index (χ4n) is 2.03. The molecule has 1 amide bonds. The first kappa shape index (κ1) is 19.5. The fraction of sp³-hybridized carbons (Fsp3) is 0.235. The van der Waals surface area contributed by atoms with Gasteiger partial charge < -0.3 is 10.1 Å². The molecule has 0 aromatic heterocycles. The van der Waals surface area contributed by atoms with Crippen molar-refractivity contribution in [3.05, 3.63) is 46.0 Å². The molecule has 2 N–H and O–H groups in total. The average molecular weight is 474 g/mol. The first-order valence-corrected chi connectivity index (χ1v) is 10.3. The normalized spacial score (nSPS) is 11.0. The van der Waals surface area contributed by atoms with Crippen LogP contribution in [0.2, 0.25) is 0 Å². The average Bonchev–Trinajstić information content (AvgIpc) is 2.58. The molecule has 0 saturated heterocycles. The maximum atomic E-state index is 12.6. The number of hydrogen-bond acceptors (Lipinski definition) is 4. The number of carbonyl (C=O) groups excluding carboxylic acids is 1. The number of nitrogens with one attached hydrogen (secondary N) is 2. The summed E-state index contributed by atoms with van der Waals surface area (Å²) in [7, 11) is -3.78. The molecule has 134 valence electrons. The van der Waals surface area contributed by atoms with Crippen LogP contribution >= 0.6 is 22.6 Å². The number of carbonyl (C=O) groups is 1. The summed E-state index contributed by atoms with van der Waals surface area (Å²) in [5.41, 5.74) is 0.799.